The molecule has 3 aromatic rings. The zero-order chi connectivity index (χ0) is 17.3. The van der Waals surface area contributed by atoms with Gasteiger partial charge in [0.15, 0.2) is 0 Å². The molecular formula is C21H22ClN3O. The molecule has 1 unspecified atom stereocenters. The van der Waals surface area contributed by atoms with Gasteiger partial charge in [0.2, 0.25) is 0 Å². The van der Waals surface area contributed by atoms with Crippen LogP contribution in [-0.4, -0.2) is 24.0 Å². The Morgan fingerprint density at radius 3 is 2.77 bits per heavy atom. The van der Waals surface area contributed by atoms with E-state index in [0.717, 1.165) is 17.5 Å². The van der Waals surface area contributed by atoms with Gasteiger partial charge in [-0.15, -0.1) is 12.4 Å². The van der Waals surface area contributed by atoms with E-state index >= 15 is 0 Å². The lowest BCUT2D eigenvalue weighted by Gasteiger charge is -2.30. The molecule has 1 atom stereocenters. The van der Waals surface area contributed by atoms with Crippen LogP contribution in [0, 0.1) is 0 Å². The summed E-state index contributed by atoms with van der Waals surface area (Å²) in [7, 11) is 0. The van der Waals surface area contributed by atoms with Crippen molar-refractivity contribution in [2.75, 3.05) is 13.2 Å². The number of hydrogen-bond donors (Lipinski definition) is 1. The average Bonchev–Trinajstić information content (AvgIpc) is 2.62. The summed E-state index contributed by atoms with van der Waals surface area (Å²) in [5.41, 5.74) is 10.1. The second-order valence-electron chi connectivity index (χ2n) is 6.74. The Balaban J connectivity index is 0.00000196. The Hall–Kier alpha value is -2.43. The number of nitrogens with two attached hydrogens (primary N) is 1. The lowest BCUT2D eigenvalue weighted by atomic mass is 9.90. The Morgan fingerprint density at radius 1 is 1.12 bits per heavy atom. The molecule has 1 aliphatic rings. The number of aliphatic imine (C=N–C) groups is 1. The van der Waals surface area contributed by atoms with Gasteiger partial charge in [-0.3, -0.25) is 9.98 Å². The summed E-state index contributed by atoms with van der Waals surface area (Å²) < 4.78 is 5.60. The van der Waals surface area contributed by atoms with Gasteiger partial charge in [-0.25, -0.2) is 0 Å². The number of benzene rings is 2. The first-order valence-electron chi connectivity index (χ1n) is 8.48. The zero-order valence-electron chi connectivity index (χ0n) is 14.7. The molecule has 0 saturated heterocycles. The number of para-hydroxylation sites is 1. The molecule has 0 saturated carbocycles. The fourth-order valence-corrected chi connectivity index (χ4v) is 3.43. The van der Waals surface area contributed by atoms with Gasteiger partial charge in [0.25, 0.3) is 0 Å². The summed E-state index contributed by atoms with van der Waals surface area (Å²) in [6, 6.07) is 18.9. The number of pyridine rings is 1. The van der Waals surface area contributed by atoms with Crippen LogP contribution in [-0.2, 0) is 16.7 Å². The van der Waals surface area contributed by atoms with E-state index in [-0.39, 0.29) is 12.4 Å². The smallest absolute Gasteiger partial charge is 0.121 e. The standard InChI is InChI=1S/C21H21N3O.ClH/c1-21(14-25-13-19(22)24-21)18-9-2-5-15(12-18)11-17-7-3-6-16-8-4-10-23-20(16)17;/h2-10,12H,11,13-14H2,1H3,(H2,22,24);1H. The summed E-state index contributed by atoms with van der Waals surface area (Å²) in [5.74, 6) is 0.553. The molecule has 0 fully saturated rings. The number of amidine groups is 1. The Morgan fingerprint density at radius 2 is 1.92 bits per heavy atom. The van der Waals surface area contributed by atoms with Crippen molar-refractivity contribution in [3.63, 3.8) is 0 Å². The molecule has 4 nitrogen and oxygen atoms in total. The highest BCUT2D eigenvalue weighted by Gasteiger charge is 2.29. The van der Waals surface area contributed by atoms with Crippen molar-refractivity contribution >= 4 is 29.1 Å². The molecule has 0 spiro atoms. The van der Waals surface area contributed by atoms with E-state index in [1.54, 1.807) is 0 Å². The van der Waals surface area contributed by atoms with Crippen molar-refractivity contribution in [2.45, 2.75) is 18.9 Å². The highest BCUT2D eigenvalue weighted by molar-refractivity contribution is 5.85. The molecule has 1 aromatic heterocycles. The summed E-state index contributed by atoms with van der Waals surface area (Å²) in [6.07, 6.45) is 2.68. The predicted octanol–water partition coefficient (Wildman–Crippen LogP) is 3.85. The van der Waals surface area contributed by atoms with Crippen LogP contribution in [0.3, 0.4) is 0 Å². The van der Waals surface area contributed by atoms with Gasteiger partial charge < -0.3 is 10.5 Å². The van der Waals surface area contributed by atoms with Crippen LogP contribution in [0.1, 0.15) is 23.6 Å². The number of nitrogens with zero attached hydrogens (tertiary/aromatic N) is 2. The van der Waals surface area contributed by atoms with E-state index in [2.05, 4.69) is 65.4 Å². The summed E-state index contributed by atoms with van der Waals surface area (Å²) >= 11 is 0. The Labute approximate surface area is 159 Å². The van der Waals surface area contributed by atoms with Gasteiger partial charge in [-0.1, -0.05) is 48.5 Å². The maximum absolute atomic E-state index is 5.89. The number of aromatic nitrogens is 1. The zero-order valence-corrected chi connectivity index (χ0v) is 15.5. The highest BCUT2D eigenvalue weighted by atomic mass is 35.5. The first-order chi connectivity index (χ1) is 12.1. The van der Waals surface area contributed by atoms with E-state index in [4.69, 9.17) is 10.5 Å². The van der Waals surface area contributed by atoms with E-state index in [1.165, 1.54) is 16.5 Å². The van der Waals surface area contributed by atoms with Crippen molar-refractivity contribution in [3.8, 4) is 0 Å². The molecule has 134 valence electrons. The van der Waals surface area contributed by atoms with Crippen LogP contribution in [0.2, 0.25) is 0 Å². The van der Waals surface area contributed by atoms with Crippen LogP contribution in [0.4, 0.5) is 0 Å². The molecule has 2 N–H and O–H groups in total. The third-order valence-corrected chi connectivity index (χ3v) is 4.68. The van der Waals surface area contributed by atoms with Gasteiger partial charge in [-0.2, -0.15) is 0 Å². The minimum Gasteiger partial charge on any atom is -0.386 e. The monoisotopic (exact) mass is 367 g/mol. The van der Waals surface area contributed by atoms with Gasteiger partial charge in [0, 0.05) is 11.6 Å². The van der Waals surface area contributed by atoms with Crippen LogP contribution in [0.15, 0.2) is 65.8 Å². The van der Waals surface area contributed by atoms with Gasteiger partial charge in [0.05, 0.1) is 12.1 Å². The van der Waals surface area contributed by atoms with Crippen molar-refractivity contribution in [1.82, 2.24) is 4.98 Å². The molecule has 26 heavy (non-hydrogen) atoms. The van der Waals surface area contributed by atoms with Gasteiger partial charge in [-0.05, 0) is 36.1 Å². The maximum Gasteiger partial charge on any atom is 0.121 e. The summed E-state index contributed by atoms with van der Waals surface area (Å²) in [4.78, 5) is 9.19. The number of hydrogen-bond acceptors (Lipinski definition) is 4. The lowest BCUT2D eigenvalue weighted by Crippen LogP contribution is -2.37. The SMILES string of the molecule is CC1(c2cccc(Cc3cccc4cccnc34)c2)COCC(N)=N1.Cl. The van der Waals surface area contributed by atoms with E-state index in [1.807, 2.05) is 12.3 Å². The number of halogens is 1. The first kappa shape index (κ1) is 18.4. The normalized spacial score (nSPS) is 19.7. The second-order valence-corrected chi connectivity index (χ2v) is 6.74. The van der Waals surface area contributed by atoms with Crippen molar-refractivity contribution in [2.24, 2.45) is 10.7 Å². The molecular weight excluding hydrogens is 346 g/mol. The topological polar surface area (TPSA) is 60.5 Å². The lowest BCUT2D eigenvalue weighted by molar-refractivity contribution is 0.106. The number of fused-ring (bicyclic) bond motifs is 1. The molecule has 0 bridgehead atoms. The van der Waals surface area contributed by atoms with E-state index in [9.17, 15) is 0 Å². The minimum atomic E-state index is -0.421. The quantitative estimate of drug-likeness (QED) is 0.764. The van der Waals surface area contributed by atoms with Crippen molar-refractivity contribution in [3.05, 3.63) is 77.5 Å². The van der Waals surface area contributed by atoms with Crippen molar-refractivity contribution < 1.29 is 4.74 Å². The molecule has 0 amide bonds. The molecule has 0 aliphatic carbocycles. The average molecular weight is 368 g/mol. The van der Waals surface area contributed by atoms with Crippen LogP contribution in [0.5, 0.6) is 0 Å². The summed E-state index contributed by atoms with van der Waals surface area (Å²) in [6.45, 7) is 3.03. The Kier molecular flexibility index (Phi) is 5.25. The molecule has 2 heterocycles. The largest absolute Gasteiger partial charge is 0.386 e. The molecule has 4 rings (SSSR count). The highest BCUT2D eigenvalue weighted by Crippen LogP contribution is 2.29. The number of rotatable bonds is 3. The molecule has 5 heteroatoms. The van der Waals surface area contributed by atoms with Gasteiger partial charge >= 0.3 is 0 Å². The van der Waals surface area contributed by atoms with E-state index in [0.29, 0.717) is 19.0 Å². The van der Waals surface area contributed by atoms with Crippen LogP contribution in [0.25, 0.3) is 10.9 Å². The molecule has 2 aromatic carbocycles. The maximum atomic E-state index is 5.89. The third-order valence-electron chi connectivity index (χ3n) is 4.68. The minimum absolute atomic E-state index is 0. The second kappa shape index (κ2) is 7.44. The predicted molar refractivity (Wildman–Crippen MR) is 108 cm³/mol. The van der Waals surface area contributed by atoms with Crippen LogP contribution >= 0.6 is 12.4 Å². The molecule has 0 radical (unpaired) electrons. The molecule has 1 aliphatic heterocycles. The van der Waals surface area contributed by atoms with Crippen LogP contribution < -0.4 is 5.73 Å². The number of ether oxygens (including phenoxy) is 1. The first-order valence-corrected chi connectivity index (χ1v) is 8.48. The third kappa shape index (κ3) is 3.57. The van der Waals surface area contributed by atoms with Crippen molar-refractivity contribution in [1.29, 1.82) is 0 Å². The fourth-order valence-electron chi connectivity index (χ4n) is 3.43. The van der Waals surface area contributed by atoms with E-state index < -0.39 is 5.54 Å². The van der Waals surface area contributed by atoms with Gasteiger partial charge in [0.1, 0.15) is 18.0 Å². The Bertz CT molecular complexity index is 951. The summed E-state index contributed by atoms with van der Waals surface area (Å²) in [5, 5.41) is 1.17. The fraction of sp³-hybridized carbons (Fsp3) is 0.238.